The van der Waals surface area contributed by atoms with Crippen LogP contribution < -0.4 is 11.1 Å². The lowest BCUT2D eigenvalue weighted by Gasteiger charge is -2.23. The van der Waals surface area contributed by atoms with Gasteiger partial charge in [-0.3, -0.25) is 5.32 Å². The van der Waals surface area contributed by atoms with Crippen molar-refractivity contribution < 1.29 is 24.6 Å². The number of oxime groups is 1. The summed E-state index contributed by atoms with van der Waals surface area (Å²) in [4.78, 5) is 26.5. The number of fused-ring (bicyclic) bond motifs is 1. The van der Waals surface area contributed by atoms with Gasteiger partial charge < -0.3 is 20.8 Å². The van der Waals surface area contributed by atoms with E-state index < -0.39 is 29.6 Å². The Morgan fingerprint density at radius 1 is 1.60 bits per heavy atom. The number of hydrogen-bond donors (Lipinski definition) is 4. The molecule has 2 heterocycles. The maximum atomic E-state index is 10.9. The van der Waals surface area contributed by atoms with E-state index in [2.05, 4.69) is 10.5 Å². The first-order valence-electron chi connectivity index (χ1n) is 4.21. The van der Waals surface area contributed by atoms with Crippen molar-refractivity contribution >= 4 is 17.7 Å². The zero-order chi connectivity index (χ0) is 11.2. The third-order valence-electron chi connectivity index (χ3n) is 2.61. The number of nitrogens with two attached hydrogens (primary N) is 1. The summed E-state index contributed by atoms with van der Waals surface area (Å²) in [5.41, 5.74) is 3.41. The predicted molar refractivity (Wildman–Crippen MR) is 46.0 cm³/mol. The van der Waals surface area contributed by atoms with E-state index in [0.717, 1.165) is 0 Å². The molecule has 2 aliphatic rings. The van der Waals surface area contributed by atoms with Crippen LogP contribution in [0.4, 0.5) is 0 Å². The predicted octanol–water partition coefficient (Wildman–Crippen LogP) is -2.22. The van der Waals surface area contributed by atoms with Gasteiger partial charge in [-0.1, -0.05) is 5.16 Å². The standard InChI is InChI=1S/C7H9N3O5/c8-7(6(13)14)3-2(1-9-7)15-10-4(3)5(11)12/h2-3,9H,1,8H2,(H,11,12)(H,13,14)/t2-,3+,7-/m0/s1. The fourth-order valence-electron chi connectivity index (χ4n) is 1.84. The zero-order valence-electron chi connectivity index (χ0n) is 7.51. The second-order valence-electron chi connectivity index (χ2n) is 3.46. The Bertz CT molecular complexity index is 368. The smallest absolute Gasteiger partial charge is 0.354 e. The number of carbonyl (C=O) groups is 2. The number of aliphatic carboxylic acids is 2. The molecule has 0 radical (unpaired) electrons. The fourth-order valence-corrected chi connectivity index (χ4v) is 1.84. The first-order chi connectivity index (χ1) is 6.97. The van der Waals surface area contributed by atoms with Gasteiger partial charge in [-0.2, -0.15) is 0 Å². The van der Waals surface area contributed by atoms with E-state index in [9.17, 15) is 9.59 Å². The van der Waals surface area contributed by atoms with Gasteiger partial charge in [0.25, 0.3) is 0 Å². The number of rotatable bonds is 2. The van der Waals surface area contributed by atoms with Gasteiger partial charge in [-0.15, -0.1) is 0 Å². The van der Waals surface area contributed by atoms with Gasteiger partial charge in [0.15, 0.2) is 17.5 Å². The molecule has 8 heteroatoms. The zero-order valence-corrected chi connectivity index (χ0v) is 7.51. The summed E-state index contributed by atoms with van der Waals surface area (Å²) in [6.07, 6.45) is -0.628. The van der Waals surface area contributed by atoms with Crippen molar-refractivity contribution in [2.75, 3.05) is 6.54 Å². The van der Waals surface area contributed by atoms with Crippen LogP contribution in [-0.2, 0) is 14.4 Å². The normalized spacial score (nSPS) is 38.1. The third kappa shape index (κ3) is 1.18. The van der Waals surface area contributed by atoms with Gasteiger partial charge >= 0.3 is 11.9 Å². The van der Waals surface area contributed by atoms with E-state index in [1.807, 2.05) is 0 Å². The first-order valence-corrected chi connectivity index (χ1v) is 4.21. The molecule has 2 rings (SSSR count). The summed E-state index contributed by atoms with van der Waals surface area (Å²) in [7, 11) is 0. The molecule has 0 unspecified atom stereocenters. The van der Waals surface area contributed by atoms with Crippen molar-refractivity contribution in [2.45, 2.75) is 11.8 Å². The number of nitrogens with zero attached hydrogens (tertiary/aromatic N) is 1. The molecule has 8 nitrogen and oxygen atoms in total. The monoisotopic (exact) mass is 215 g/mol. The van der Waals surface area contributed by atoms with Gasteiger partial charge in [-0.25, -0.2) is 9.59 Å². The molecular formula is C7H9N3O5. The van der Waals surface area contributed by atoms with E-state index >= 15 is 0 Å². The molecule has 0 saturated carbocycles. The van der Waals surface area contributed by atoms with Crippen LogP contribution in [0.2, 0.25) is 0 Å². The highest BCUT2D eigenvalue weighted by molar-refractivity contribution is 6.37. The summed E-state index contributed by atoms with van der Waals surface area (Å²) in [5.74, 6) is -3.61. The van der Waals surface area contributed by atoms with Crippen LogP contribution in [0.3, 0.4) is 0 Å². The van der Waals surface area contributed by atoms with Crippen LogP contribution in [0, 0.1) is 5.92 Å². The van der Waals surface area contributed by atoms with Crippen molar-refractivity contribution in [3.8, 4) is 0 Å². The van der Waals surface area contributed by atoms with Crippen LogP contribution in [0.1, 0.15) is 0 Å². The number of hydrogen-bond acceptors (Lipinski definition) is 6. The molecule has 15 heavy (non-hydrogen) atoms. The molecule has 0 spiro atoms. The molecular weight excluding hydrogens is 206 g/mol. The Kier molecular flexibility index (Phi) is 1.91. The molecule has 2 aliphatic heterocycles. The Hall–Kier alpha value is -1.67. The average molecular weight is 215 g/mol. The summed E-state index contributed by atoms with van der Waals surface area (Å²) in [5, 5.41) is 23.6. The van der Waals surface area contributed by atoms with E-state index in [4.69, 9.17) is 20.8 Å². The van der Waals surface area contributed by atoms with Crippen molar-refractivity contribution in [1.82, 2.24) is 5.32 Å². The van der Waals surface area contributed by atoms with Gasteiger partial charge in [0.05, 0.1) is 5.92 Å². The van der Waals surface area contributed by atoms with Gasteiger partial charge in [-0.05, 0) is 0 Å². The van der Waals surface area contributed by atoms with Gasteiger partial charge in [0.1, 0.15) is 0 Å². The minimum atomic E-state index is -1.82. The summed E-state index contributed by atoms with van der Waals surface area (Å²) in [6.45, 7) is 0.160. The van der Waals surface area contributed by atoms with Crippen LogP contribution in [0.5, 0.6) is 0 Å². The van der Waals surface area contributed by atoms with Crippen molar-refractivity contribution in [2.24, 2.45) is 16.8 Å². The highest BCUT2D eigenvalue weighted by Gasteiger charge is 2.59. The second-order valence-corrected chi connectivity index (χ2v) is 3.46. The minimum absolute atomic E-state index is 0.160. The Labute approximate surface area is 83.7 Å². The molecule has 3 atom stereocenters. The quantitative estimate of drug-likeness (QED) is 0.410. The van der Waals surface area contributed by atoms with Crippen molar-refractivity contribution in [3.05, 3.63) is 0 Å². The van der Waals surface area contributed by atoms with Crippen LogP contribution in [-0.4, -0.2) is 46.2 Å². The van der Waals surface area contributed by atoms with Crippen LogP contribution in [0.15, 0.2) is 5.16 Å². The lowest BCUT2D eigenvalue weighted by molar-refractivity contribution is -0.145. The van der Waals surface area contributed by atoms with Crippen LogP contribution >= 0.6 is 0 Å². The molecule has 0 aromatic carbocycles. The third-order valence-corrected chi connectivity index (χ3v) is 2.61. The molecule has 0 amide bonds. The first kappa shape index (κ1) is 9.87. The maximum Gasteiger partial charge on any atom is 0.354 e. The number of nitrogens with one attached hydrogen (secondary N) is 1. The molecule has 0 aliphatic carbocycles. The van der Waals surface area contributed by atoms with Gasteiger partial charge in [0.2, 0.25) is 0 Å². The highest BCUT2D eigenvalue weighted by Crippen LogP contribution is 2.31. The van der Waals surface area contributed by atoms with Gasteiger partial charge in [0, 0.05) is 6.54 Å². The SMILES string of the molecule is N[C@]1(C(=O)O)NC[C@@H]2ON=C(C(=O)O)[C@@H]21. The minimum Gasteiger partial charge on any atom is -0.479 e. The Balaban J connectivity index is 2.37. The lowest BCUT2D eigenvalue weighted by atomic mass is 9.88. The van der Waals surface area contributed by atoms with E-state index in [1.54, 1.807) is 0 Å². The number of carboxylic acid groups (broad SMARTS) is 2. The Morgan fingerprint density at radius 3 is 2.80 bits per heavy atom. The van der Waals surface area contributed by atoms with Crippen LogP contribution in [0.25, 0.3) is 0 Å². The average Bonchev–Trinajstić information content (AvgIpc) is 2.68. The van der Waals surface area contributed by atoms with E-state index in [1.165, 1.54) is 0 Å². The largest absolute Gasteiger partial charge is 0.479 e. The molecule has 82 valence electrons. The summed E-state index contributed by atoms with van der Waals surface area (Å²) in [6, 6.07) is 0. The van der Waals surface area contributed by atoms with Crippen molar-refractivity contribution in [1.29, 1.82) is 0 Å². The van der Waals surface area contributed by atoms with E-state index in [0.29, 0.717) is 0 Å². The molecule has 0 aromatic rings. The molecule has 1 saturated heterocycles. The molecule has 0 aromatic heterocycles. The highest BCUT2D eigenvalue weighted by atomic mass is 16.6. The molecule has 0 bridgehead atoms. The summed E-state index contributed by atoms with van der Waals surface area (Å²) >= 11 is 0. The molecule has 5 N–H and O–H groups in total. The topological polar surface area (TPSA) is 134 Å². The second kappa shape index (κ2) is 2.91. The van der Waals surface area contributed by atoms with E-state index in [-0.39, 0.29) is 12.3 Å². The van der Waals surface area contributed by atoms with Crippen molar-refractivity contribution in [3.63, 3.8) is 0 Å². The fraction of sp³-hybridized carbons (Fsp3) is 0.571. The Morgan fingerprint density at radius 2 is 2.27 bits per heavy atom. The lowest BCUT2D eigenvalue weighted by Crippen LogP contribution is -2.62. The maximum absolute atomic E-state index is 10.9. The number of carboxylic acids is 2. The molecule has 1 fully saturated rings. The summed E-state index contributed by atoms with van der Waals surface area (Å²) < 4.78 is 0.